The highest BCUT2D eigenvalue weighted by molar-refractivity contribution is 7.99. The Bertz CT molecular complexity index is 664. The molecule has 0 fully saturated rings. The molecule has 0 radical (unpaired) electrons. The molecule has 2 N–H and O–H groups in total. The molecule has 25 heavy (non-hydrogen) atoms. The largest absolute Gasteiger partial charge is 0.354 e. The summed E-state index contributed by atoms with van der Waals surface area (Å²) in [7, 11) is 4.01. The van der Waals surface area contributed by atoms with Crippen LogP contribution in [0.2, 0.25) is 0 Å². The number of thioether (sulfide) groups is 1. The van der Waals surface area contributed by atoms with Gasteiger partial charge in [-0.05, 0) is 56.1 Å². The SMILES string of the molecule is CN(C)C[C@H](NC(=S)Nc1ccc(SC(F)F)cc1)c1ccccc1. The summed E-state index contributed by atoms with van der Waals surface area (Å²) in [5.41, 5.74) is 1.90. The average molecular weight is 382 g/mol. The second-order valence-corrected chi connectivity index (χ2v) is 7.20. The predicted octanol–water partition coefficient (Wildman–Crippen LogP) is 4.59. The minimum absolute atomic E-state index is 0.0462. The summed E-state index contributed by atoms with van der Waals surface area (Å²) < 4.78 is 24.7. The van der Waals surface area contributed by atoms with Gasteiger partial charge in [-0.3, -0.25) is 0 Å². The minimum Gasteiger partial charge on any atom is -0.354 e. The number of anilines is 1. The van der Waals surface area contributed by atoms with E-state index in [2.05, 4.69) is 27.7 Å². The Balaban J connectivity index is 1.98. The molecule has 7 heteroatoms. The highest BCUT2D eigenvalue weighted by atomic mass is 32.2. The molecule has 0 saturated carbocycles. The fourth-order valence-corrected chi connectivity index (χ4v) is 3.09. The second-order valence-electron chi connectivity index (χ2n) is 5.73. The van der Waals surface area contributed by atoms with Gasteiger partial charge in [0.2, 0.25) is 0 Å². The van der Waals surface area contributed by atoms with Gasteiger partial charge in [-0.2, -0.15) is 8.78 Å². The van der Waals surface area contributed by atoms with Gasteiger partial charge >= 0.3 is 0 Å². The first-order valence-electron chi connectivity index (χ1n) is 7.76. The van der Waals surface area contributed by atoms with Crippen molar-refractivity contribution in [2.75, 3.05) is 26.0 Å². The molecular weight excluding hydrogens is 360 g/mol. The van der Waals surface area contributed by atoms with Crippen molar-refractivity contribution in [1.29, 1.82) is 0 Å². The minimum atomic E-state index is -2.42. The predicted molar refractivity (Wildman–Crippen MR) is 105 cm³/mol. The first-order valence-corrected chi connectivity index (χ1v) is 9.05. The number of likely N-dealkylation sites (N-methyl/N-ethyl adjacent to an activating group) is 1. The maximum Gasteiger partial charge on any atom is 0.288 e. The van der Waals surface area contributed by atoms with Crippen LogP contribution in [-0.4, -0.2) is 36.4 Å². The second kappa shape index (κ2) is 9.70. The van der Waals surface area contributed by atoms with Crippen LogP contribution >= 0.6 is 24.0 Å². The van der Waals surface area contributed by atoms with Gasteiger partial charge in [0.05, 0.1) is 6.04 Å². The highest BCUT2D eigenvalue weighted by Crippen LogP contribution is 2.26. The molecule has 2 aromatic carbocycles. The zero-order chi connectivity index (χ0) is 18.2. The molecule has 2 rings (SSSR count). The molecule has 0 saturated heterocycles. The quantitative estimate of drug-likeness (QED) is 0.540. The summed E-state index contributed by atoms with van der Waals surface area (Å²) in [6.07, 6.45) is 0. The number of halogens is 2. The van der Waals surface area contributed by atoms with Gasteiger partial charge in [-0.25, -0.2) is 0 Å². The molecule has 1 atom stereocenters. The number of nitrogens with one attached hydrogen (secondary N) is 2. The van der Waals surface area contributed by atoms with Crippen molar-refractivity contribution in [3.05, 3.63) is 60.2 Å². The van der Waals surface area contributed by atoms with Gasteiger partial charge in [0.15, 0.2) is 5.11 Å². The summed E-state index contributed by atoms with van der Waals surface area (Å²) in [5, 5.41) is 6.91. The lowest BCUT2D eigenvalue weighted by Crippen LogP contribution is -2.37. The summed E-state index contributed by atoms with van der Waals surface area (Å²) >= 11 is 5.93. The van der Waals surface area contributed by atoms with E-state index in [-0.39, 0.29) is 6.04 Å². The Hall–Kier alpha value is -1.70. The Morgan fingerprint density at radius 2 is 1.72 bits per heavy atom. The van der Waals surface area contributed by atoms with Crippen LogP contribution < -0.4 is 10.6 Å². The molecule has 134 valence electrons. The maximum absolute atomic E-state index is 12.4. The van der Waals surface area contributed by atoms with E-state index in [0.29, 0.717) is 21.8 Å². The average Bonchev–Trinajstić information content (AvgIpc) is 2.56. The third kappa shape index (κ3) is 6.97. The first kappa shape index (κ1) is 19.6. The van der Waals surface area contributed by atoms with Gasteiger partial charge in [0.25, 0.3) is 5.76 Å². The van der Waals surface area contributed by atoms with Crippen molar-refractivity contribution in [3.8, 4) is 0 Å². The number of nitrogens with zero attached hydrogens (tertiary/aromatic N) is 1. The van der Waals surface area contributed by atoms with E-state index in [1.54, 1.807) is 24.3 Å². The molecule has 2 aromatic rings. The lowest BCUT2D eigenvalue weighted by atomic mass is 10.1. The Morgan fingerprint density at radius 3 is 2.28 bits per heavy atom. The molecular formula is C18H21F2N3S2. The summed E-state index contributed by atoms with van der Waals surface area (Å²) in [6, 6.07) is 16.9. The maximum atomic E-state index is 12.4. The van der Waals surface area contributed by atoms with Crippen LogP contribution in [-0.2, 0) is 0 Å². The number of benzene rings is 2. The molecule has 0 spiro atoms. The van der Waals surface area contributed by atoms with Gasteiger partial charge in [-0.1, -0.05) is 42.1 Å². The van der Waals surface area contributed by atoms with Crippen LogP contribution in [0.5, 0.6) is 0 Å². The summed E-state index contributed by atoms with van der Waals surface area (Å²) in [4.78, 5) is 2.61. The van der Waals surface area contributed by atoms with Crippen LogP contribution in [0.1, 0.15) is 11.6 Å². The third-order valence-electron chi connectivity index (χ3n) is 3.39. The van der Waals surface area contributed by atoms with Gasteiger partial charge in [0.1, 0.15) is 0 Å². The standard InChI is InChI=1S/C18H21F2N3S2/c1-23(2)12-16(13-6-4-3-5-7-13)22-18(24)21-14-8-10-15(11-9-14)25-17(19)20/h3-11,16-17H,12H2,1-2H3,(H2,21,22,24)/t16-/m0/s1. The van der Waals surface area contributed by atoms with E-state index in [1.807, 2.05) is 32.3 Å². The molecule has 0 amide bonds. The highest BCUT2D eigenvalue weighted by Gasteiger charge is 2.13. The third-order valence-corrected chi connectivity index (χ3v) is 4.33. The molecule has 0 heterocycles. The van der Waals surface area contributed by atoms with Crippen LogP contribution in [0.3, 0.4) is 0 Å². The summed E-state index contributed by atoms with van der Waals surface area (Å²) in [6.45, 7) is 0.787. The molecule has 0 bridgehead atoms. The molecule has 0 aliphatic rings. The topological polar surface area (TPSA) is 27.3 Å². The Labute approximate surface area is 156 Å². The van der Waals surface area contributed by atoms with Crippen molar-refractivity contribution >= 4 is 34.8 Å². The van der Waals surface area contributed by atoms with Crippen molar-refractivity contribution in [2.24, 2.45) is 0 Å². The monoisotopic (exact) mass is 381 g/mol. The fraction of sp³-hybridized carbons (Fsp3) is 0.278. The Morgan fingerprint density at radius 1 is 1.08 bits per heavy atom. The summed E-state index contributed by atoms with van der Waals surface area (Å²) in [5.74, 6) is -2.42. The smallest absolute Gasteiger partial charge is 0.288 e. The van der Waals surface area contributed by atoms with Gasteiger partial charge in [0, 0.05) is 17.1 Å². The van der Waals surface area contributed by atoms with E-state index >= 15 is 0 Å². The lowest BCUT2D eigenvalue weighted by Gasteiger charge is -2.24. The fourth-order valence-electron chi connectivity index (χ4n) is 2.33. The van der Waals surface area contributed by atoms with Gasteiger partial charge < -0.3 is 15.5 Å². The van der Waals surface area contributed by atoms with Crippen LogP contribution in [0.15, 0.2) is 59.5 Å². The molecule has 0 unspecified atom stereocenters. The number of rotatable bonds is 7. The van der Waals surface area contributed by atoms with Crippen LogP contribution in [0.25, 0.3) is 0 Å². The zero-order valence-electron chi connectivity index (χ0n) is 14.1. The number of alkyl halides is 2. The van der Waals surface area contributed by atoms with E-state index < -0.39 is 5.76 Å². The first-order chi connectivity index (χ1) is 11.9. The number of hydrogen-bond acceptors (Lipinski definition) is 3. The number of hydrogen-bond donors (Lipinski definition) is 2. The van der Waals surface area contributed by atoms with Crippen molar-refractivity contribution in [2.45, 2.75) is 16.7 Å². The van der Waals surface area contributed by atoms with Crippen LogP contribution in [0, 0.1) is 0 Å². The molecule has 0 aromatic heterocycles. The number of thiocarbonyl (C=S) groups is 1. The van der Waals surface area contributed by atoms with Crippen molar-refractivity contribution in [3.63, 3.8) is 0 Å². The lowest BCUT2D eigenvalue weighted by molar-refractivity contribution is 0.252. The van der Waals surface area contributed by atoms with E-state index in [4.69, 9.17) is 12.2 Å². The van der Waals surface area contributed by atoms with Crippen LogP contribution in [0.4, 0.5) is 14.5 Å². The van der Waals surface area contributed by atoms with Gasteiger partial charge in [-0.15, -0.1) is 0 Å². The Kier molecular flexibility index (Phi) is 7.61. The van der Waals surface area contributed by atoms with Crippen molar-refractivity contribution in [1.82, 2.24) is 10.2 Å². The zero-order valence-corrected chi connectivity index (χ0v) is 15.7. The molecule has 3 nitrogen and oxygen atoms in total. The normalized spacial score (nSPS) is 12.2. The molecule has 0 aliphatic carbocycles. The van der Waals surface area contributed by atoms with E-state index in [1.165, 1.54) is 0 Å². The van der Waals surface area contributed by atoms with E-state index in [9.17, 15) is 8.78 Å². The van der Waals surface area contributed by atoms with E-state index in [0.717, 1.165) is 17.8 Å². The van der Waals surface area contributed by atoms with Crippen molar-refractivity contribution < 1.29 is 8.78 Å². The molecule has 0 aliphatic heterocycles.